The highest BCUT2D eigenvalue weighted by molar-refractivity contribution is 6.36. The number of aromatic nitrogens is 2. The van der Waals surface area contributed by atoms with Gasteiger partial charge in [0.25, 0.3) is 0 Å². The molecule has 1 aliphatic carbocycles. The van der Waals surface area contributed by atoms with Crippen molar-refractivity contribution >= 4 is 29.0 Å². The molecule has 1 saturated carbocycles. The van der Waals surface area contributed by atoms with E-state index >= 15 is 0 Å². The Morgan fingerprint density at radius 1 is 1.33 bits per heavy atom. The van der Waals surface area contributed by atoms with Gasteiger partial charge in [-0.2, -0.15) is 0 Å². The van der Waals surface area contributed by atoms with E-state index in [0.717, 1.165) is 23.6 Å². The fraction of sp³-hybridized carbons (Fsp3) is 0.438. The molecule has 0 radical (unpaired) electrons. The van der Waals surface area contributed by atoms with Crippen LogP contribution in [-0.4, -0.2) is 9.55 Å². The first-order valence-electron chi connectivity index (χ1n) is 7.28. The molecule has 1 heterocycles. The van der Waals surface area contributed by atoms with Crippen molar-refractivity contribution in [3.63, 3.8) is 0 Å². The summed E-state index contributed by atoms with van der Waals surface area (Å²) in [5.41, 5.74) is 7.99. The Hall–Kier alpha value is -1.19. The molecule has 0 spiro atoms. The van der Waals surface area contributed by atoms with Crippen LogP contribution < -0.4 is 5.73 Å². The number of nitrogens with zero attached hydrogens (tertiary/aromatic N) is 2. The molecular formula is C16H19Cl2N3. The summed E-state index contributed by atoms with van der Waals surface area (Å²) in [5, 5.41) is 1.21. The van der Waals surface area contributed by atoms with Gasteiger partial charge in [-0.25, -0.2) is 4.98 Å². The largest absolute Gasteiger partial charge is 0.383 e. The van der Waals surface area contributed by atoms with Crippen molar-refractivity contribution in [1.82, 2.24) is 9.55 Å². The second kappa shape index (κ2) is 5.54. The predicted molar refractivity (Wildman–Crippen MR) is 88.9 cm³/mol. The van der Waals surface area contributed by atoms with Crippen LogP contribution in [0.1, 0.15) is 38.4 Å². The van der Waals surface area contributed by atoms with Crippen LogP contribution in [0.5, 0.6) is 0 Å². The van der Waals surface area contributed by atoms with E-state index < -0.39 is 0 Å². The molecule has 21 heavy (non-hydrogen) atoms. The van der Waals surface area contributed by atoms with Crippen LogP contribution in [0.25, 0.3) is 11.3 Å². The van der Waals surface area contributed by atoms with Crippen LogP contribution in [0.15, 0.2) is 18.2 Å². The summed E-state index contributed by atoms with van der Waals surface area (Å²) in [6.45, 7) is 5.26. The van der Waals surface area contributed by atoms with Gasteiger partial charge in [-0.05, 0) is 37.0 Å². The van der Waals surface area contributed by atoms with E-state index in [2.05, 4.69) is 18.4 Å². The van der Waals surface area contributed by atoms with Crippen molar-refractivity contribution in [3.8, 4) is 11.3 Å². The molecular weight excluding hydrogens is 305 g/mol. The number of nitrogens with two attached hydrogens (primary N) is 1. The highest BCUT2D eigenvalue weighted by Crippen LogP contribution is 2.43. The van der Waals surface area contributed by atoms with Gasteiger partial charge in [-0.3, -0.25) is 0 Å². The second-order valence-electron chi connectivity index (χ2n) is 6.11. The zero-order valence-corrected chi connectivity index (χ0v) is 13.7. The smallest absolute Gasteiger partial charge is 0.131 e. The number of anilines is 1. The lowest BCUT2D eigenvalue weighted by Gasteiger charge is -2.12. The molecule has 5 heteroatoms. The fourth-order valence-electron chi connectivity index (χ4n) is 2.57. The Kier molecular flexibility index (Phi) is 3.89. The SMILES string of the molecule is CC(C)Cn1c(C2CC2)nc(-c2ccc(Cl)cc2Cl)c1N. The van der Waals surface area contributed by atoms with Crippen LogP contribution in [0.3, 0.4) is 0 Å². The molecule has 2 N–H and O–H groups in total. The number of nitrogen functional groups attached to an aromatic ring is 1. The summed E-state index contributed by atoms with van der Waals surface area (Å²) in [5.74, 6) is 2.87. The lowest BCUT2D eigenvalue weighted by molar-refractivity contribution is 0.512. The molecule has 0 amide bonds. The van der Waals surface area contributed by atoms with Gasteiger partial charge in [0.05, 0.1) is 5.02 Å². The van der Waals surface area contributed by atoms with E-state index in [1.54, 1.807) is 6.07 Å². The summed E-state index contributed by atoms with van der Waals surface area (Å²) in [4.78, 5) is 4.80. The quantitative estimate of drug-likeness (QED) is 0.862. The first-order chi connectivity index (χ1) is 9.97. The first kappa shape index (κ1) is 14.7. The van der Waals surface area contributed by atoms with E-state index in [9.17, 15) is 0 Å². The third-order valence-electron chi connectivity index (χ3n) is 3.71. The minimum absolute atomic E-state index is 0.521. The van der Waals surface area contributed by atoms with Crippen LogP contribution in [0.4, 0.5) is 5.82 Å². The molecule has 1 aliphatic rings. The van der Waals surface area contributed by atoms with Gasteiger partial charge < -0.3 is 10.3 Å². The third kappa shape index (κ3) is 2.90. The molecule has 1 aromatic carbocycles. The van der Waals surface area contributed by atoms with Gasteiger partial charge in [0.2, 0.25) is 0 Å². The molecule has 1 aromatic heterocycles. The monoisotopic (exact) mass is 323 g/mol. The summed E-state index contributed by atoms with van der Waals surface area (Å²) in [6.07, 6.45) is 2.39. The van der Waals surface area contributed by atoms with Crippen molar-refractivity contribution in [1.29, 1.82) is 0 Å². The Morgan fingerprint density at radius 3 is 2.62 bits per heavy atom. The van der Waals surface area contributed by atoms with Crippen LogP contribution in [0.2, 0.25) is 10.0 Å². The van der Waals surface area contributed by atoms with Crippen molar-refractivity contribution in [3.05, 3.63) is 34.1 Å². The van der Waals surface area contributed by atoms with Gasteiger partial charge in [-0.15, -0.1) is 0 Å². The average molecular weight is 324 g/mol. The lowest BCUT2D eigenvalue weighted by atomic mass is 10.1. The zero-order chi connectivity index (χ0) is 15.1. The highest BCUT2D eigenvalue weighted by Gasteiger charge is 2.31. The maximum Gasteiger partial charge on any atom is 0.131 e. The zero-order valence-electron chi connectivity index (χ0n) is 12.2. The summed E-state index contributed by atoms with van der Waals surface area (Å²) in [6, 6.07) is 5.44. The molecule has 1 fully saturated rings. The van der Waals surface area contributed by atoms with Crippen molar-refractivity contribution in [2.24, 2.45) is 5.92 Å². The molecule has 3 rings (SSSR count). The maximum absolute atomic E-state index is 6.37. The standard InChI is InChI=1S/C16H19Cl2N3/c1-9(2)8-21-15(19)14(20-16(21)10-3-4-10)12-6-5-11(17)7-13(12)18/h5-7,9-10H,3-4,8,19H2,1-2H3. The minimum Gasteiger partial charge on any atom is -0.383 e. The molecule has 0 atom stereocenters. The number of halogens is 2. The molecule has 0 unspecified atom stereocenters. The van der Waals surface area contributed by atoms with E-state index in [1.165, 1.54) is 12.8 Å². The topological polar surface area (TPSA) is 43.8 Å². The van der Waals surface area contributed by atoms with Gasteiger partial charge in [0.15, 0.2) is 0 Å². The lowest BCUT2D eigenvalue weighted by Crippen LogP contribution is -2.10. The highest BCUT2D eigenvalue weighted by atomic mass is 35.5. The second-order valence-corrected chi connectivity index (χ2v) is 6.95. The van der Waals surface area contributed by atoms with Crippen LogP contribution in [-0.2, 0) is 6.54 Å². The molecule has 2 aromatic rings. The summed E-state index contributed by atoms with van der Waals surface area (Å²) in [7, 11) is 0. The normalized spacial score (nSPS) is 14.9. The Labute approximate surface area is 135 Å². The van der Waals surface area contributed by atoms with E-state index in [0.29, 0.717) is 27.7 Å². The number of hydrogen-bond acceptors (Lipinski definition) is 2. The molecule has 3 nitrogen and oxygen atoms in total. The number of benzene rings is 1. The van der Waals surface area contributed by atoms with Crippen LogP contribution >= 0.6 is 23.2 Å². The Morgan fingerprint density at radius 2 is 2.05 bits per heavy atom. The maximum atomic E-state index is 6.37. The Balaban J connectivity index is 2.10. The Bertz CT molecular complexity index is 672. The number of imidazole rings is 1. The van der Waals surface area contributed by atoms with Crippen molar-refractivity contribution in [2.45, 2.75) is 39.2 Å². The number of hydrogen-bond donors (Lipinski definition) is 1. The van der Waals surface area contributed by atoms with Gasteiger partial charge in [0.1, 0.15) is 17.3 Å². The summed E-state index contributed by atoms with van der Waals surface area (Å²) >= 11 is 12.3. The third-order valence-corrected chi connectivity index (χ3v) is 4.26. The molecule has 112 valence electrons. The minimum atomic E-state index is 0.521. The average Bonchev–Trinajstić information content (AvgIpc) is 3.18. The van der Waals surface area contributed by atoms with Crippen molar-refractivity contribution < 1.29 is 0 Å². The predicted octanol–water partition coefficient (Wildman–Crippen LogP) is 4.97. The fourth-order valence-corrected chi connectivity index (χ4v) is 3.07. The first-order valence-corrected chi connectivity index (χ1v) is 8.04. The molecule has 0 aliphatic heterocycles. The molecule has 0 saturated heterocycles. The van der Waals surface area contributed by atoms with Crippen LogP contribution in [0, 0.1) is 5.92 Å². The summed E-state index contributed by atoms with van der Waals surface area (Å²) < 4.78 is 2.16. The van der Waals surface area contributed by atoms with E-state index in [1.807, 2.05) is 12.1 Å². The van der Waals surface area contributed by atoms with E-state index in [4.69, 9.17) is 33.9 Å². The van der Waals surface area contributed by atoms with Gasteiger partial charge >= 0.3 is 0 Å². The van der Waals surface area contributed by atoms with Gasteiger partial charge in [-0.1, -0.05) is 37.0 Å². The van der Waals surface area contributed by atoms with Gasteiger partial charge in [0, 0.05) is 23.0 Å². The number of rotatable bonds is 4. The van der Waals surface area contributed by atoms with E-state index in [-0.39, 0.29) is 0 Å². The van der Waals surface area contributed by atoms with Crippen molar-refractivity contribution in [2.75, 3.05) is 5.73 Å². The molecule has 0 bridgehead atoms.